The fourth-order valence-electron chi connectivity index (χ4n) is 2.55. The number of fused-ring (bicyclic) bond motifs is 3. The molecule has 1 aliphatic heterocycles. The van der Waals surface area contributed by atoms with Crippen molar-refractivity contribution in [2.24, 2.45) is 0 Å². The molecule has 2 heterocycles. The summed E-state index contributed by atoms with van der Waals surface area (Å²) in [7, 11) is 0. The van der Waals surface area contributed by atoms with Crippen LogP contribution in [-0.2, 0) is 9.59 Å². The van der Waals surface area contributed by atoms with E-state index in [1.807, 2.05) is 18.2 Å². The highest BCUT2D eigenvalue weighted by Gasteiger charge is 2.25. The Morgan fingerprint density at radius 1 is 1.36 bits per heavy atom. The summed E-state index contributed by atoms with van der Waals surface area (Å²) in [4.78, 5) is 32.7. The van der Waals surface area contributed by atoms with Gasteiger partial charge in [-0.05, 0) is 25.1 Å². The van der Waals surface area contributed by atoms with Gasteiger partial charge in [0.2, 0.25) is 17.8 Å². The predicted molar refractivity (Wildman–Crippen MR) is 98.7 cm³/mol. The number of nitrogens with one attached hydrogen (secondary N) is 2. The van der Waals surface area contributed by atoms with Gasteiger partial charge in [0.05, 0.1) is 5.69 Å². The minimum absolute atomic E-state index is 0.161. The highest BCUT2D eigenvalue weighted by molar-refractivity contribution is 7.99. The van der Waals surface area contributed by atoms with Gasteiger partial charge >= 0.3 is 0 Å². The topological polar surface area (TPSA) is 84.0 Å². The molecular formula is C17H17ClN4O2S. The van der Waals surface area contributed by atoms with Crippen LogP contribution in [0, 0.1) is 0 Å². The van der Waals surface area contributed by atoms with Gasteiger partial charge in [-0.25, -0.2) is 9.97 Å². The quantitative estimate of drug-likeness (QED) is 0.854. The summed E-state index contributed by atoms with van der Waals surface area (Å²) in [6, 6.07) is 5.72. The summed E-state index contributed by atoms with van der Waals surface area (Å²) in [5.41, 5.74) is 2.74. The Hall–Kier alpha value is -2.12. The number of rotatable bonds is 4. The van der Waals surface area contributed by atoms with Crippen LogP contribution in [0.2, 0.25) is 5.02 Å². The molecule has 6 nitrogen and oxygen atoms in total. The maximum atomic E-state index is 12.0. The van der Waals surface area contributed by atoms with Gasteiger partial charge < -0.3 is 5.32 Å². The number of aromatic nitrogens is 2. The van der Waals surface area contributed by atoms with Crippen LogP contribution in [0.1, 0.15) is 31.1 Å². The molecule has 25 heavy (non-hydrogen) atoms. The number of halogens is 1. The SMILES string of the molecule is CC(=O)NCCC(=O)Nc1ncc2c(n1)-c1cc(Cl)ccc1SC2C. The number of anilines is 1. The average molecular weight is 377 g/mol. The molecule has 1 unspecified atom stereocenters. The van der Waals surface area contributed by atoms with E-state index in [-0.39, 0.29) is 36.0 Å². The van der Waals surface area contributed by atoms with E-state index in [1.54, 1.807) is 18.0 Å². The van der Waals surface area contributed by atoms with Crippen LogP contribution in [0.4, 0.5) is 5.95 Å². The van der Waals surface area contributed by atoms with E-state index in [0.717, 1.165) is 21.7 Å². The molecule has 0 fully saturated rings. The highest BCUT2D eigenvalue weighted by atomic mass is 35.5. The second kappa shape index (κ2) is 7.41. The zero-order valence-electron chi connectivity index (χ0n) is 13.8. The molecule has 0 bridgehead atoms. The molecule has 2 amide bonds. The number of amides is 2. The van der Waals surface area contributed by atoms with Gasteiger partial charge in [0.15, 0.2) is 0 Å². The fourth-order valence-corrected chi connectivity index (χ4v) is 3.83. The molecule has 2 aromatic rings. The van der Waals surface area contributed by atoms with Crippen molar-refractivity contribution in [1.82, 2.24) is 15.3 Å². The third-order valence-electron chi connectivity index (χ3n) is 3.73. The Morgan fingerprint density at radius 2 is 2.16 bits per heavy atom. The summed E-state index contributed by atoms with van der Waals surface area (Å²) < 4.78 is 0. The van der Waals surface area contributed by atoms with Gasteiger partial charge in [-0.3, -0.25) is 14.9 Å². The molecule has 0 radical (unpaired) electrons. The number of carbonyl (C=O) groups is 2. The molecule has 1 aliphatic rings. The van der Waals surface area contributed by atoms with Crippen LogP contribution in [0.5, 0.6) is 0 Å². The normalized spacial score (nSPS) is 15.1. The van der Waals surface area contributed by atoms with Gasteiger partial charge in [0.25, 0.3) is 0 Å². The third-order valence-corrected chi connectivity index (χ3v) is 5.19. The molecule has 0 saturated carbocycles. The molecular weight excluding hydrogens is 360 g/mol. The summed E-state index contributed by atoms with van der Waals surface area (Å²) in [6.07, 6.45) is 1.90. The van der Waals surface area contributed by atoms with Gasteiger partial charge in [0, 0.05) is 52.4 Å². The molecule has 1 aromatic heterocycles. The number of thioether (sulfide) groups is 1. The Bertz CT molecular complexity index is 843. The van der Waals surface area contributed by atoms with E-state index in [4.69, 9.17) is 11.6 Å². The molecule has 3 rings (SSSR count). The maximum absolute atomic E-state index is 12.0. The first kappa shape index (κ1) is 17.7. The molecule has 0 saturated heterocycles. The lowest BCUT2D eigenvalue weighted by Gasteiger charge is -2.24. The molecule has 8 heteroatoms. The van der Waals surface area contributed by atoms with Crippen molar-refractivity contribution in [3.63, 3.8) is 0 Å². The first-order valence-corrected chi connectivity index (χ1v) is 9.07. The molecule has 1 atom stereocenters. The lowest BCUT2D eigenvalue weighted by Crippen LogP contribution is -2.25. The van der Waals surface area contributed by atoms with Crippen molar-refractivity contribution in [2.45, 2.75) is 30.4 Å². The molecule has 0 spiro atoms. The van der Waals surface area contributed by atoms with Crippen LogP contribution in [0.15, 0.2) is 29.3 Å². The fraction of sp³-hybridized carbons (Fsp3) is 0.294. The Labute approximate surface area is 154 Å². The lowest BCUT2D eigenvalue weighted by atomic mass is 10.0. The zero-order valence-corrected chi connectivity index (χ0v) is 15.4. The third kappa shape index (κ3) is 4.11. The van der Waals surface area contributed by atoms with Gasteiger partial charge in [-0.1, -0.05) is 11.6 Å². The first-order chi connectivity index (χ1) is 11.9. The summed E-state index contributed by atoms with van der Waals surface area (Å²) in [5, 5.41) is 6.11. The number of benzene rings is 1. The average Bonchev–Trinajstić information content (AvgIpc) is 2.55. The van der Waals surface area contributed by atoms with E-state index in [2.05, 4.69) is 27.5 Å². The van der Waals surface area contributed by atoms with Crippen LogP contribution >= 0.6 is 23.4 Å². The van der Waals surface area contributed by atoms with E-state index >= 15 is 0 Å². The zero-order chi connectivity index (χ0) is 18.0. The lowest BCUT2D eigenvalue weighted by molar-refractivity contribution is -0.119. The minimum Gasteiger partial charge on any atom is -0.356 e. The summed E-state index contributed by atoms with van der Waals surface area (Å²) >= 11 is 7.86. The van der Waals surface area contributed by atoms with Crippen molar-refractivity contribution in [2.75, 3.05) is 11.9 Å². The second-order valence-corrected chi connectivity index (χ2v) is 7.50. The predicted octanol–water partition coefficient (Wildman–Crippen LogP) is 3.43. The van der Waals surface area contributed by atoms with Gasteiger partial charge in [-0.2, -0.15) is 0 Å². The minimum atomic E-state index is -0.252. The molecule has 2 N–H and O–H groups in total. The Morgan fingerprint density at radius 3 is 2.92 bits per heavy atom. The monoisotopic (exact) mass is 376 g/mol. The smallest absolute Gasteiger partial charge is 0.229 e. The van der Waals surface area contributed by atoms with Crippen molar-refractivity contribution in [3.05, 3.63) is 35.0 Å². The first-order valence-electron chi connectivity index (χ1n) is 7.82. The van der Waals surface area contributed by atoms with Crippen molar-refractivity contribution in [1.29, 1.82) is 0 Å². The van der Waals surface area contributed by atoms with E-state index < -0.39 is 0 Å². The molecule has 130 valence electrons. The maximum Gasteiger partial charge on any atom is 0.229 e. The van der Waals surface area contributed by atoms with E-state index in [1.165, 1.54) is 6.92 Å². The van der Waals surface area contributed by atoms with Crippen LogP contribution in [0.3, 0.4) is 0 Å². The number of nitrogens with zero attached hydrogens (tertiary/aromatic N) is 2. The summed E-state index contributed by atoms with van der Waals surface area (Å²) in [6.45, 7) is 3.78. The van der Waals surface area contributed by atoms with Gasteiger partial charge in [-0.15, -0.1) is 11.8 Å². The summed E-state index contributed by atoms with van der Waals surface area (Å²) in [5.74, 6) is -0.173. The van der Waals surface area contributed by atoms with Crippen LogP contribution in [-0.4, -0.2) is 28.3 Å². The van der Waals surface area contributed by atoms with Crippen molar-refractivity contribution in [3.8, 4) is 11.3 Å². The number of carbonyl (C=O) groups excluding carboxylic acids is 2. The largest absolute Gasteiger partial charge is 0.356 e. The Balaban J connectivity index is 1.82. The van der Waals surface area contributed by atoms with E-state index in [0.29, 0.717) is 5.02 Å². The van der Waals surface area contributed by atoms with Gasteiger partial charge in [0.1, 0.15) is 0 Å². The number of hydrogen-bond donors (Lipinski definition) is 2. The molecule has 1 aromatic carbocycles. The number of hydrogen-bond acceptors (Lipinski definition) is 5. The van der Waals surface area contributed by atoms with Crippen molar-refractivity contribution < 1.29 is 9.59 Å². The standard InChI is InChI=1S/C17H17ClN4O2S/c1-9-13-8-20-17(21-15(24)5-6-19-10(2)23)22-16(13)12-7-11(18)3-4-14(12)25-9/h3-4,7-9H,5-6H2,1-2H3,(H,19,23)(H,20,21,22,24). The highest BCUT2D eigenvalue weighted by Crippen LogP contribution is 2.48. The second-order valence-electron chi connectivity index (χ2n) is 5.68. The Kier molecular flexibility index (Phi) is 5.24. The van der Waals surface area contributed by atoms with Crippen molar-refractivity contribution >= 4 is 41.1 Å². The van der Waals surface area contributed by atoms with Crippen LogP contribution < -0.4 is 10.6 Å². The molecule has 0 aliphatic carbocycles. The van der Waals surface area contributed by atoms with Crippen LogP contribution in [0.25, 0.3) is 11.3 Å². The van der Waals surface area contributed by atoms with E-state index in [9.17, 15) is 9.59 Å².